The molecule has 0 aliphatic carbocycles. The highest BCUT2D eigenvalue weighted by Gasteiger charge is 2.43. The van der Waals surface area contributed by atoms with Gasteiger partial charge in [-0.2, -0.15) is 4.98 Å². The molecule has 0 saturated carbocycles. The Morgan fingerprint density at radius 3 is 3.00 bits per heavy atom. The fourth-order valence-corrected chi connectivity index (χ4v) is 5.16. The molecule has 0 N–H and O–H groups in total. The van der Waals surface area contributed by atoms with Crippen LogP contribution in [0.25, 0.3) is 16.6 Å². The highest BCUT2D eigenvalue weighted by atomic mass is 16.5. The van der Waals surface area contributed by atoms with E-state index in [1.165, 1.54) is 48.1 Å². The smallest absolute Gasteiger partial charge is 0.274 e. The highest BCUT2D eigenvalue weighted by molar-refractivity contribution is 5.91. The molecule has 0 spiro atoms. The third-order valence-corrected chi connectivity index (χ3v) is 6.09. The van der Waals surface area contributed by atoms with Crippen molar-refractivity contribution >= 4 is 16.6 Å². The van der Waals surface area contributed by atoms with Crippen LogP contribution in [0, 0.1) is 12.8 Å². The molecule has 25 heavy (non-hydrogen) atoms. The van der Waals surface area contributed by atoms with E-state index in [0.717, 1.165) is 12.1 Å². The zero-order valence-electron chi connectivity index (χ0n) is 14.3. The molecule has 1 fully saturated rings. The molecule has 3 aliphatic heterocycles. The number of piperidine rings is 1. The molecule has 3 aliphatic rings. The molecule has 0 amide bonds. The maximum atomic E-state index is 5.58. The van der Waals surface area contributed by atoms with Crippen molar-refractivity contribution < 1.29 is 4.52 Å². The number of nitrogens with zero attached hydrogens (tertiary/aromatic N) is 4. The van der Waals surface area contributed by atoms with E-state index in [0.29, 0.717) is 23.7 Å². The van der Waals surface area contributed by atoms with Gasteiger partial charge < -0.3 is 9.09 Å². The average Bonchev–Trinajstić information content (AvgIpc) is 3.22. The van der Waals surface area contributed by atoms with Gasteiger partial charge in [0, 0.05) is 23.5 Å². The first kappa shape index (κ1) is 13.8. The van der Waals surface area contributed by atoms with E-state index >= 15 is 0 Å². The highest BCUT2D eigenvalue weighted by Crippen LogP contribution is 2.49. The summed E-state index contributed by atoms with van der Waals surface area (Å²) in [4.78, 5) is 7.22. The molecule has 1 saturated heterocycles. The lowest BCUT2D eigenvalue weighted by molar-refractivity contribution is 0.0974. The fraction of sp³-hybridized carbons (Fsp3) is 0.400. The van der Waals surface area contributed by atoms with Crippen LogP contribution in [0.5, 0.6) is 0 Å². The van der Waals surface area contributed by atoms with Crippen LogP contribution in [-0.4, -0.2) is 32.7 Å². The van der Waals surface area contributed by atoms with Crippen molar-refractivity contribution in [3.05, 3.63) is 53.3 Å². The normalized spacial score (nSPS) is 25.1. The Balaban J connectivity index is 1.70. The topological polar surface area (TPSA) is 47.1 Å². The summed E-state index contributed by atoms with van der Waals surface area (Å²) in [5, 5.41) is 5.41. The zero-order chi connectivity index (χ0) is 16.5. The van der Waals surface area contributed by atoms with Crippen LogP contribution < -0.4 is 0 Å². The molecule has 1 unspecified atom stereocenters. The van der Waals surface area contributed by atoms with Crippen LogP contribution in [0.1, 0.15) is 41.9 Å². The quantitative estimate of drug-likeness (QED) is 0.684. The standard InChI is InChI=1S/C20H20N4O/c1-12-21-20(25-22-12)17-11-13-5-4-9-23-10-8-15-14-6-2-3-7-16(14)24(17)19(15)18(13)23/h2-3,6-7,11,13,18H,4-5,8-10H2,1H3/t13?,18-/m0/s1. The lowest BCUT2D eigenvalue weighted by Crippen LogP contribution is -2.45. The first-order chi connectivity index (χ1) is 12.3. The van der Waals surface area contributed by atoms with Gasteiger partial charge in [-0.05, 0) is 50.4 Å². The summed E-state index contributed by atoms with van der Waals surface area (Å²) in [5.74, 6) is 1.86. The molecule has 3 aromatic rings. The van der Waals surface area contributed by atoms with Gasteiger partial charge in [-0.25, -0.2) is 0 Å². The second kappa shape index (κ2) is 4.82. The van der Waals surface area contributed by atoms with E-state index in [1.54, 1.807) is 0 Å². The minimum Gasteiger partial charge on any atom is -0.332 e. The number of para-hydroxylation sites is 1. The van der Waals surface area contributed by atoms with E-state index < -0.39 is 0 Å². The summed E-state index contributed by atoms with van der Waals surface area (Å²) in [6.45, 7) is 4.26. The summed E-state index contributed by atoms with van der Waals surface area (Å²) >= 11 is 0. The van der Waals surface area contributed by atoms with Crippen LogP contribution in [0.15, 0.2) is 34.9 Å². The molecular weight excluding hydrogens is 312 g/mol. The van der Waals surface area contributed by atoms with Gasteiger partial charge in [-0.1, -0.05) is 23.4 Å². The zero-order valence-corrected chi connectivity index (χ0v) is 14.3. The molecule has 5 heteroatoms. The second-order valence-corrected chi connectivity index (χ2v) is 7.45. The monoisotopic (exact) mass is 332 g/mol. The number of benzene rings is 1. The van der Waals surface area contributed by atoms with Gasteiger partial charge in [0.1, 0.15) is 5.70 Å². The van der Waals surface area contributed by atoms with Crippen LogP contribution in [0.4, 0.5) is 0 Å². The molecular formula is C20H20N4O. The largest absolute Gasteiger partial charge is 0.332 e. The predicted molar refractivity (Wildman–Crippen MR) is 95.1 cm³/mol. The third kappa shape index (κ3) is 1.76. The maximum Gasteiger partial charge on any atom is 0.274 e. The molecule has 5 nitrogen and oxygen atoms in total. The summed E-state index contributed by atoms with van der Waals surface area (Å²) < 4.78 is 7.98. The Bertz CT molecular complexity index is 1030. The van der Waals surface area contributed by atoms with E-state index in [4.69, 9.17) is 4.52 Å². The second-order valence-electron chi connectivity index (χ2n) is 7.45. The molecule has 126 valence electrons. The molecule has 2 atom stereocenters. The Morgan fingerprint density at radius 1 is 1.20 bits per heavy atom. The van der Waals surface area contributed by atoms with Crippen molar-refractivity contribution in [1.29, 1.82) is 0 Å². The summed E-state index contributed by atoms with van der Waals surface area (Å²) in [7, 11) is 0. The van der Waals surface area contributed by atoms with Crippen LogP contribution in [0.3, 0.4) is 0 Å². The van der Waals surface area contributed by atoms with Crippen molar-refractivity contribution in [2.24, 2.45) is 5.92 Å². The Labute approximate surface area is 145 Å². The number of aromatic nitrogens is 3. The van der Waals surface area contributed by atoms with Gasteiger partial charge in [0.2, 0.25) is 0 Å². The number of hydrogen-bond acceptors (Lipinski definition) is 4. The van der Waals surface area contributed by atoms with E-state index in [9.17, 15) is 0 Å². The van der Waals surface area contributed by atoms with Crippen molar-refractivity contribution in [3.63, 3.8) is 0 Å². The lowest BCUT2D eigenvalue weighted by atomic mass is 9.80. The minimum atomic E-state index is 0.498. The van der Waals surface area contributed by atoms with Crippen molar-refractivity contribution in [3.8, 4) is 0 Å². The molecule has 1 aromatic carbocycles. The number of fused-ring (bicyclic) bond motifs is 3. The van der Waals surface area contributed by atoms with Gasteiger partial charge in [0.15, 0.2) is 5.82 Å². The predicted octanol–water partition coefficient (Wildman–Crippen LogP) is 3.54. The van der Waals surface area contributed by atoms with Gasteiger partial charge in [-0.3, -0.25) is 4.90 Å². The van der Waals surface area contributed by atoms with E-state index in [2.05, 4.69) is 49.9 Å². The Hall–Kier alpha value is -2.40. The molecule has 5 heterocycles. The van der Waals surface area contributed by atoms with Gasteiger partial charge in [0.05, 0.1) is 11.6 Å². The number of rotatable bonds is 1. The molecule has 2 aromatic heterocycles. The van der Waals surface area contributed by atoms with Crippen molar-refractivity contribution in [1.82, 2.24) is 19.6 Å². The lowest BCUT2D eigenvalue weighted by Gasteiger charge is -2.46. The van der Waals surface area contributed by atoms with Crippen LogP contribution in [-0.2, 0) is 6.42 Å². The van der Waals surface area contributed by atoms with Gasteiger partial charge in [-0.15, -0.1) is 0 Å². The first-order valence-electron chi connectivity index (χ1n) is 9.20. The van der Waals surface area contributed by atoms with E-state index in [-0.39, 0.29) is 0 Å². The van der Waals surface area contributed by atoms with Gasteiger partial charge >= 0.3 is 0 Å². The molecule has 0 radical (unpaired) electrons. The average molecular weight is 332 g/mol. The fourth-order valence-electron chi connectivity index (χ4n) is 5.16. The summed E-state index contributed by atoms with van der Waals surface area (Å²) in [6, 6.07) is 9.25. The molecule has 6 rings (SSSR count). The number of hydrogen-bond donors (Lipinski definition) is 0. The van der Waals surface area contributed by atoms with Crippen molar-refractivity contribution in [2.75, 3.05) is 13.1 Å². The number of aryl methyl sites for hydroxylation is 1. The van der Waals surface area contributed by atoms with Crippen molar-refractivity contribution in [2.45, 2.75) is 32.2 Å². The van der Waals surface area contributed by atoms with Crippen LogP contribution in [0.2, 0.25) is 0 Å². The third-order valence-electron chi connectivity index (χ3n) is 6.09. The minimum absolute atomic E-state index is 0.498. The van der Waals surface area contributed by atoms with E-state index in [1.807, 2.05) is 6.92 Å². The maximum absolute atomic E-state index is 5.58. The summed E-state index contributed by atoms with van der Waals surface area (Å²) in [6.07, 6.45) is 6.02. The SMILES string of the molecule is Cc1noc(C2=CC3CCCN4CCc5c(n2c2ccccc52)[C@H]34)n1. The molecule has 0 bridgehead atoms. The van der Waals surface area contributed by atoms with Gasteiger partial charge in [0.25, 0.3) is 5.89 Å². The first-order valence-corrected chi connectivity index (χ1v) is 9.20. The summed E-state index contributed by atoms with van der Waals surface area (Å²) in [5.41, 5.74) is 5.32. The Kier molecular flexibility index (Phi) is 2.67. The van der Waals surface area contributed by atoms with Crippen LogP contribution >= 0.6 is 0 Å². The Morgan fingerprint density at radius 2 is 2.12 bits per heavy atom.